The van der Waals surface area contributed by atoms with E-state index in [2.05, 4.69) is 5.32 Å². The Kier molecular flexibility index (Phi) is 6.38. The molecule has 2 rings (SSSR count). The van der Waals surface area contributed by atoms with Crippen LogP contribution in [-0.2, 0) is 16.1 Å². The Balaban J connectivity index is 1.71. The van der Waals surface area contributed by atoms with Gasteiger partial charge < -0.3 is 14.8 Å². The first-order valence-electron chi connectivity index (χ1n) is 8.07. The fraction of sp³-hybridized carbons (Fsp3) is 0.350. The number of benzene rings is 2. The minimum absolute atomic E-state index is 0.00875. The number of rotatable bonds is 8. The summed E-state index contributed by atoms with van der Waals surface area (Å²) in [5.74, 6) is 0.526. The van der Waals surface area contributed by atoms with Crippen molar-refractivity contribution in [3.05, 3.63) is 65.7 Å². The maximum absolute atomic E-state index is 12.0. The second-order valence-corrected chi connectivity index (χ2v) is 6.51. The normalized spacial score (nSPS) is 11.1. The van der Waals surface area contributed by atoms with Crippen molar-refractivity contribution < 1.29 is 14.3 Å². The van der Waals surface area contributed by atoms with E-state index in [9.17, 15) is 4.79 Å². The molecule has 0 radical (unpaired) electrons. The molecule has 0 bridgehead atoms. The number of carbonyl (C=O) groups excluding carboxylic acids is 1. The Bertz CT molecular complexity index is 636. The van der Waals surface area contributed by atoms with Crippen molar-refractivity contribution >= 4 is 5.91 Å². The Morgan fingerprint density at radius 1 is 1.04 bits per heavy atom. The molecule has 1 amide bonds. The highest BCUT2D eigenvalue weighted by Gasteiger charge is 2.21. The molecular formula is C20H25NO3. The average molecular weight is 327 g/mol. The van der Waals surface area contributed by atoms with Gasteiger partial charge in [0.15, 0.2) is 6.61 Å². The van der Waals surface area contributed by atoms with E-state index in [0.29, 0.717) is 19.0 Å². The van der Waals surface area contributed by atoms with Gasteiger partial charge in [-0.2, -0.15) is 0 Å². The molecule has 0 aliphatic heterocycles. The third-order valence-electron chi connectivity index (χ3n) is 3.44. The highest BCUT2D eigenvalue weighted by Crippen LogP contribution is 2.11. The minimum atomic E-state index is -0.456. The molecule has 0 unspecified atom stereocenters. The summed E-state index contributed by atoms with van der Waals surface area (Å²) in [5.41, 5.74) is 1.81. The molecule has 2 aromatic carbocycles. The quantitative estimate of drug-likeness (QED) is 0.807. The molecule has 4 heteroatoms. The van der Waals surface area contributed by atoms with Gasteiger partial charge in [0.1, 0.15) is 5.75 Å². The zero-order valence-corrected chi connectivity index (χ0v) is 14.5. The van der Waals surface area contributed by atoms with Crippen LogP contribution in [0.5, 0.6) is 5.75 Å². The molecule has 0 heterocycles. The molecule has 0 aliphatic rings. The maximum atomic E-state index is 12.0. The topological polar surface area (TPSA) is 47.6 Å². The van der Waals surface area contributed by atoms with Gasteiger partial charge in [-0.1, -0.05) is 48.0 Å². The van der Waals surface area contributed by atoms with Crippen LogP contribution in [0.1, 0.15) is 25.0 Å². The Hall–Kier alpha value is -2.33. The van der Waals surface area contributed by atoms with Gasteiger partial charge in [0.05, 0.1) is 18.8 Å². The van der Waals surface area contributed by atoms with Gasteiger partial charge in [-0.15, -0.1) is 0 Å². The Morgan fingerprint density at radius 2 is 1.71 bits per heavy atom. The van der Waals surface area contributed by atoms with Crippen molar-refractivity contribution in [1.82, 2.24) is 5.32 Å². The molecule has 24 heavy (non-hydrogen) atoms. The SMILES string of the molecule is Cc1ccc(OCC(=O)NC(C)(C)COCc2ccccc2)cc1. The standard InChI is InChI=1S/C20H25NO3/c1-16-9-11-18(12-10-16)24-14-19(22)21-20(2,3)15-23-13-17-7-5-4-6-8-17/h4-12H,13-15H2,1-3H3,(H,21,22). The van der Waals surface area contributed by atoms with Gasteiger partial charge in [0, 0.05) is 0 Å². The first-order chi connectivity index (χ1) is 11.4. The van der Waals surface area contributed by atoms with Crippen LogP contribution in [0.3, 0.4) is 0 Å². The van der Waals surface area contributed by atoms with E-state index < -0.39 is 5.54 Å². The van der Waals surface area contributed by atoms with Gasteiger partial charge in [0.2, 0.25) is 0 Å². The van der Waals surface area contributed by atoms with Crippen LogP contribution in [0.25, 0.3) is 0 Å². The number of ether oxygens (including phenoxy) is 2. The summed E-state index contributed by atoms with van der Waals surface area (Å²) in [6.45, 7) is 6.82. The van der Waals surface area contributed by atoms with Gasteiger partial charge in [0.25, 0.3) is 5.91 Å². The van der Waals surface area contributed by atoms with E-state index in [-0.39, 0.29) is 12.5 Å². The molecule has 0 aliphatic carbocycles. The summed E-state index contributed by atoms with van der Waals surface area (Å²) in [5, 5.41) is 2.94. The number of nitrogens with one attached hydrogen (secondary N) is 1. The first-order valence-corrected chi connectivity index (χ1v) is 8.07. The molecule has 0 fully saturated rings. The second-order valence-electron chi connectivity index (χ2n) is 6.51. The third-order valence-corrected chi connectivity index (χ3v) is 3.44. The first kappa shape index (κ1) is 18.0. The van der Waals surface area contributed by atoms with Crippen molar-refractivity contribution in [2.45, 2.75) is 32.9 Å². The highest BCUT2D eigenvalue weighted by atomic mass is 16.5. The zero-order chi connectivity index (χ0) is 17.4. The number of aryl methyl sites for hydroxylation is 1. The summed E-state index contributed by atoms with van der Waals surface area (Å²) in [7, 11) is 0. The molecule has 4 nitrogen and oxygen atoms in total. The number of amides is 1. The van der Waals surface area contributed by atoms with Crippen molar-refractivity contribution in [3.63, 3.8) is 0 Å². The summed E-state index contributed by atoms with van der Waals surface area (Å²) < 4.78 is 11.2. The molecule has 0 aromatic heterocycles. The Labute approximate surface area is 143 Å². The number of hydrogen-bond acceptors (Lipinski definition) is 3. The lowest BCUT2D eigenvalue weighted by Crippen LogP contribution is -2.48. The van der Waals surface area contributed by atoms with E-state index in [1.165, 1.54) is 0 Å². The van der Waals surface area contributed by atoms with E-state index in [4.69, 9.17) is 9.47 Å². The van der Waals surface area contributed by atoms with Crippen molar-refractivity contribution in [1.29, 1.82) is 0 Å². The molecule has 0 spiro atoms. The third kappa shape index (κ3) is 6.42. The van der Waals surface area contributed by atoms with Crippen LogP contribution in [0, 0.1) is 6.92 Å². The second kappa shape index (κ2) is 8.50. The molecule has 2 aromatic rings. The molecule has 0 atom stereocenters. The molecule has 0 saturated carbocycles. The van der Waals surface area contributed by atoms with Crippen molar-refractivity contribution in [2.24, 2.45) is 0 Å². The maximum Gasteiger partial charge on any atom is 0.258 e. The summed E-state index contributed by atoms with van der Waals surface area (Å²) in [6, 6.07) is 17.6. The number of carbonyl (C=O) groups is 1. The smallest absolute Gasteiger partial charge is 0.258 e. The van der Waals surface area contributed by atoms with E-state index >= 15 is 0 Å². The predicted octanol–water partition coefficient (Wildman–Crippen LogP) is 3.49. The highest BCUT2D eigenvalue weighted by molar-refractivity contribution is 5.78. The predicted molar refractivity (Wildman–Crippen MR) is 95.0 cm³/mol. The van der Waals surface area contributed by atoms with Crippen LogP contribution in [-0.4, -0.2) is 24.7 Å². The summed E-state index contributed by atoms with van der Waals surface area (Å²) in [4.78, 5) is 12.0. The van der Waals surface area contributed by atoms with Crippen LogP contribution in [0.15, 0.2) is 54.6 Å². The largest absolute Gasteiger partial charge is 0.484 e. The van der Waals surface area contributed by atoms with E-state index in [0.717, 1.165) is 11.1 Å². The van der Waals surface area contributed by atoms with Gasteiger partial charge in [-0.3, -0.25) is 4.79 Å². The van der Waals surface area contributed by atoms with Gasteiger partial charge in [-0.25, -0.2) is 0 Å². The van der Waals surface area contributed by atoms with Crippen molar-refractivity contribution in [2.75, 3.05) is 13.2 Å². The lowest BCUT2D eigenvalue weighted by Gasteiger charge is -2.26. The summed E-state index contributed by atoms with van der Waals surface area (Å²) in [6.07, 6.45) is 0. The monoisotopic (exact) mass is 327 g/mol. The van der Waals surface area contributed by atoms with Crippen LogP contribution < -0.4 is 10.1 Å². The number of hydrogen-bond donors (Lipinski definition) is 1. The summed E-state index contributed by atoms with van der Waals surface area (Å²) >= 11 is 0. The zero-order valence-electron chi connectivity index (χ0n) is 14.5. The lowest BCUT2D eigenvalue weighted by molar-refractivity contribution is -0.125. The molecule has 0 saturated heterocycles. The molecule has 1 N–H and O–H groups in total. The Morgan fingerprint density at radius 3 is 2.38 bits per heavy atom. The molecular weight excluding hydrogens is 302 g/mol. The van der Waals surface area contributed by atoms with Crippen molar-refractivity contribution in [3.8, 4) is 5.75 Å². The fourth-order valence-electron chi connectivity index (χ4n) is 2.23. The minimum Gasteiger partial charge on any atom is -0.484 e. The van der Waals surface area contributed by atoms with E-state index in [1.807, 2.05) is 75.4 Å². The average Bonchev–Trinajstić information content (AvgIpc) is 2.55. The van der Waals surface area contributed by atoms with Gasteiger partial charge >= 0.3 is 0 Å². The lowest BCUT2D eigenvalue weighted by atomic mass is 10.1. The van der Waals surface area contributed by atoms with Crippen LogP contribution in [0.4, 0.5) is 0 Å². The van der Waals surface area contributed by atoms with E-state index in [1.54, 1.807) is 0 Å². The molecule has 128 valence electrons. The van der Waals surface area contributed by atoms with Gasteiger partial charge in [-0.05, 0) is 38.5 Å². The fourth-order valence-corrected chi connectivity index (χ4v) is 2.23. The van der Waals surface area contributed by atoms with Crippen LogP contribution >= 0.6 is 0 Å². The van der Waals surface area contributed by atoms with Crippen LogP contribution in [0.2, 0.25) is 0 Å².